The molecule has 0 unspecified atom stereocenters. The van der Waals surface area contributed by atoms with Crippen LogP contribution in [0.5, 0.6) is 17.5 Å². The molecule has 9 heteroatoms. The highest BCUT2D eigenvalue weighted by molar-refractivity contribution is 6.32. The Balaban J connectivity index is 1.56. The normalized spacial score (nSPS) is 10.8. The molecule has 4 rings (SSSR count). The molecule has 8 nitrogen and oxygen atoms in total. The number of para-hydroxylation sites is 1. The molecular formula is C20H19ClN6O2. The fraction of sp³-hybridized carbons (Fsp3) is 0.150. The first kappa shape index (κ1) is 18.8. The van der Waals surface area contributed by atoms with Gasteiger partial charge in [-0.3, -0.25) is 0 Å². The van der Waals surface area contributed by atoms with Gasteiger partial charge in [0, 0.05) is 25.0 Å². The van der Waals surface area contributed by atoms with E-state index in [0.29, 0.717) is 28.5 Å². The molecule has 0 bridgehead atoms. The monoisotopic (exact) mass is 410 g/mol. The molecule has 148 valence electrons. The predicted octanol–water partition coefficient (Wildman–Crippen LogP) is 4.51. The third-order valence-electron chi connectivity index (χ3n) is 4.19. The van der Waals surface area contributed by atoms with E-state index in [9.17, 15) is 0 Å². The molecule has 0 saturated carbocycles. The van der Waals surface area contributed by atoms with E-state index in [1.165, 1.54) is 4.68 Å². The Hall–Kier alpha value is -3.52. The molecule has 0 fully saturated rings. The van der Waals surface area contributed by atoms with Crippen LogP contribution in [0.3, 0.4) is 0 Å². The molecule has 0 aliphatic carbocycles. The third-order valence-corrected chi connectivity index (χ3v) is 4.50. The molecule has 2 aromatic carbocycles. The zero-order valence-electron chi connectivity index (χ0n) is 16.1. The van der Waals surface area contributed by atoms with Gasteiger partial charge in [-0.25, -0.2) is 9.67 Å². The number of ether oxygens (including phenoxy) is 2. The minimum atomic E-state index is 0.318. The van der Waals surface area contributed by atoms with Crippen LogP contribution in [0.25, 0.3) is 5.69 Å². The van der Waals surface area contributed by atoms with E-state index < -0.39 is 0 Å². The zero-order chi connectivity index (χ0) is 20.4. The fourth-order valence-corrected chi connectivity index (χ4v) is 2.96. The maximum absolute atomic E-state index is 6.14. The summed E-state index contributed by atoms with van der Waals surface area (Å²) in [7, 11) is 3.37. The minimum Gasteiger partial charge on any atom is -0.494 e. The average Bonchev–Trinajstić information content (AvgIpc) is 3.29. The number of benzene rings is 2. The van der Waals surface area contributed by atoms with E-state index in [4.69, 9.17) is 21.1 Å². The lowest BCUT2D eigenvalue weighted by atomic mass is 10.2. The van der Waals surface area contributed by atoms with Crippen molar-refractivity contribution >= 4 is 23.2 Å². The molecule has 0 spiro atoms. The first-order valence-electron chi connectivity index (χ1n) is 8.83. The van der Waals surface area contributed by atoms with E-state index in [2.05, 4.69) is 20.4 Å². The Morgan fingerprint density at radius 2 is 1.93 bits per heavy atom. The van der Waals surface area contributed by atoms with Crippen molar-refractivity contribution in [3.05, 3.63) is 65.7 Å². The Labute approximate surface area is 172 Å². The van der Waals surface area contributed by atoms with E-state index in [1.807, 2.05) is 48.0 Å². The summed E-state index contributed by atoms with van der Waals surface area (Å²) < 4.78 is 14.7. The number of anilines is 2. The number of aromatic nitrogens is 5. The summed E-state index contributed by atoms with van der Waals surface area (Å²) in [5, 5.41) is 8.00. The molecular weight excluding hydrogens is 392 g/mol. The number of aryl methyl sites for hydroxylation is 2. The second-order valence-electron chi connectivity index (χ2n) is 6.31. The largest absolute Gasteiger partial charge is 0.494 e. The van der Waals surface area contributed by atoms with Crippen LogP contribution in [0.4, 0.5) is 11.6 Å². The number of nitrogens with zero attached hydrogens (tertiary/aromatic N) is 5. The number of imidazole rings is 1. The number of nitrogens with one attached hydrogen (secondary N) is 1. The summed E-state index contributed by atoms with van der Waals surface area (Å²) >= 11 is 6.14. The molecule has 0 atom stereocenters. The summed E-state index contributed by atoms with van der Waals surface area (Å²) in [6.07, 6.45) is 3.68. The van der Waals surface area contributed by atoms with Crippen LogP contribution >= 0.6 is 11.6 Å². The molecule has 0 aliphatic rings. The Morgan fingerprint density at radius 1 is 1.10 bits per heavy atom. The van der Waals surface area contributed by atoms with Crippen molar-refractivity contribution in [3.63, 3.8) is 0 Å². The van der Waals surface area contributed by atoms with Crippen LogP contribution in [-0.4, -0.2) is 31.4 Å². The van der Waals surface area contributed by atoms with Gasteiger partial charge in [-0.2, -0.15) is 4.98 Å². The van der Waals surface area contributed by atoms with E-state index >= 15 is 0 Å². The summed E-state index contributed by atoms with van der Waals surface area (Å²) in [5.41, 5.74) is 2.59. The maximum atomic E-state index is 6.14. The first-order chi connectivity index (χ1) is 14.0. The van der Waals surface area contributed by atoms with Crippen LogP contribution < -0.4 is 14.8 Å². The predicted molar refractivity (Wildman–Crippen MR) is 111 cm³/mol. The molecule has 0 saturated heterocycles. The van der Waals surface area contributed by atoms with Crippen molar-refractivity contribution in [2.24, 2.45) is 7.05 Å². The van der Waals surface area contributed by atoms with Crippen molar-refractivity contribution < 1.29 is 9.47 Å². The van der Waals surface area contributed by atoms with E-state index in [0.717, 1.165) is 17.1 Å². The quantitative estimate of drug-likeness (QED) is 0.504. The van der Waals surface area contributed by atoms with Crippen molar-refractivity contribution in [3.8, 4) is 23.2 Å². The highest BCUT2D eigenvalue weighted by Gasteiger charge is 2.13. The molecule has 0 amide bonds. The molecule has 29 heavy (non-hydrogen) atoms. The van der Waals surface area contributed by atoms with Gasteiger partial charge in [0.25, 0.3) is 0 Å². The van der Waals surface area contributed by atoms with Gasteiger partial charge < -0.3 is 19.4 Å². The number of halogens is 1. The SMILES string of the molecule is COc1cc(Nc2nc(Oc3ccccc3Cl)n(C)n2)ccc1-n1cnc(C)c1. The molecule has 2 aromatic heterocycles. The highest BCUT2D eigenvalue weighted by atomic mass is 35.5. The summed E-state index contributed by atoms with van der Waals surface area (Å²) in [6.45, 7) is 1.94. The Kier molecular flexibility index (Phi) is 5.09. The van der Waals surface area contributed by atoms with Crippen LogP contribution in [-0.2, 0) is 7.05 Å². The van der Waals surface area contributed by atoms with Crippen molar-refractivity contribution in [1.82, 2.24) is 24.3 Å². The lowest BCUT2D eigenvalue weighted by Gasteiger charge is -2.11. The van der Waals surface area contributed by atoms with Gasteiger partial charge in [-0.1, -0.05) is 23.7 Å². The second kappa shape index (κ2) is 7.84. The van der Waals surface area contributed by atoms with Gasteiger partial charge in [0.05, 0.1) is 29.8 Å². The van der Waals surface area contributed by atoms with Crippen LogP contribution in [0, 0.1) is 6.92 Å². The number of hydrogen-bond donors (Lipinski definition) is 1. The summed E-state index contributed by atoms with van der Waals surface area (Å²) in [6, 6.07) is 13.2. The Morgan fingerprint density at radius 3 is 2.66 bits per heavy atom. The molecule has 2 heterocycles. The van der Waals surface area contributed by atoms with Gasteiger partial charge in [-0.15, -0.1) is 5.10 Å². The van der Waals surface area contributed by atoms with E-state index in [1.54, 1.807) is 32.6 Å². The lowest BCUT2D eigenvalue weighted by Crippen LogP contribution is -1.99. The molecule has 0 aliphatic heterocycles. The first-order valence-corrected chi connectivity index (χ1v) is 9.21. The second-order valence-corrected chi connectivity index (χ2v) is 6.72. The van der Waals surface area contributed by atoms with Gasteiger partial charge in [-0.05, 0) is 31.2 Å². The standard InChI is InChI=1S/C20H19ClN6O2/c1-13-11-27(12-22-13)16-9-8-14(10-18(16)28-3)23-19-24-20(26(2)25-19)29-17-7-5-4-6-15(17)21/h4-12H,1-3H3,(H,23,25). The van der Waals surface area contributed by atoms with Gasteiger partial charge in [0.1, 0.15) is 11.5 Å². The minimum absolute atomic E-state index is 0.318. The average molecular weight is 411 g/mol. The Bertz CT molecular complexity index is 1150. The molecule has 1 N–H and O–H groups in total. The van der Waals surface area contributed by atoms with Gasteiger partial charge in [0.15, 0.2) is 0 Å². The fourth-order valence-electron chi connectivity index (χ4n) is 2.79. The van der Waals surface area contributed by atoms with Gasteiger partial charge in [0.2, 0.25) is 5.95 Å². The molecule has 4 aromatic rings. The van der Waals surface area contributed by atoms with Crippen LogP contribution in [0.15, 0.2) is 55.0 Å². The highest BCUT2D eigenvalue weighted by Crippen LogP contribution is 2.30. The number of hydrogen-bond acceptors (Lipinski definition) is 6. The number of methoxy groups -OCH3 is 1. The van der Waals surface area contributed by atoms with Crippen molar-refractivity contribution in [1.29, 1.82) is 0 Å². The topological polar surface area (TPSA) is 79.0 Å². The van der Waals surface area contributed by atoms with Crippen LogP contribution in [0.1, 0.15) is 5.69 Å². The van der Waals surface area contributed by atoms with E-state index in [-0.39, 0.29) is 0 Å². The summed E-state index contributed by atoms with van der Waals surface area (Å²) in [4.78, 5) is 8.64. The smallest absolute Gasteiger partial charge is 0.321 e. The van der Waals surface area contributed by atoms with Gasteiger partial charge >= 0.3 is 6.01 Å². The maximum Gasteiger partial charge on any atom is 0.321 e. The molecule has 0 radical (unpaired) electrons. The lowest BCUT2D eigenvalue weighted by molar-refractivity contribution is 0.413. The van der Waals surface area contributed by atoms with Crippen molar-refractivity contribution in [2.75, 3.05) is 12.4 Å². The van der Waals surface area contributed by atoms with Crippen molar-refractivity contribution in [2.45, 2.75) is 6.92 Å². The summed E-state index contributed by atoms with van der Waals surface area (Å²) in [5.74, 6) is 1.59. The number of rotatable bonds is 6. The third kappa shape index (κ3) is 4.02. The zero-order valence-corrected chi connectivity index (χ0v) is 16.9. The van der Waals surface area contributed by atoms with Crippen LogP contribution in [0.2, 0.25) is 5.02 Å².